The van der Waals surface area contributed by atoms with Crippen molar-refractivity contribution >= 4 is 17.5 Å². The number of nitrogens with zero attached hydrogens (tertiary/aromatic N) is 4. The molecule has 1 atom stereocenters. The molecule has 0 spiro atoms. The van der Waals surface area contributed by atoms with Gasteiger partial charge >= 0.3 is 0 Å². The van der Waals surface area contributed by atoms with E-state index in [1.807, 2.05) is 54.8 Å². The van der Waals surface area contributed by atoms with Crippen LogP contribution < -0.4 is 0 Å². The van der Waals surface area contributed by atoms with Crippen LogP contribution in [0.2, 0.25) is 0 Å². The molecule has 0 aliphatic carbocycles. The van der Waals surface area contributed by atoms with Gasteiger partial charge in [0.1, 0.15) is 0 Å². The van der Waals surface area contributed by atoms with E-state index in [-0.39, 0.29) is 17.6 Å². The molecule has 0 saturated carbocycles. The number of aromatic nitrogens is 4. The highest BCUT2D eigenvalue weighted by molar-refractivity contribution is 7.99. The third-order valence-corrected chi connectivity index (χ3v) is 6.57. The minimum atomic E-state index is 0.0674. The first-order chi connectivity index (χ1) is 16.0. The molecule has 0 aliphatic rings. The lowest BCUT2D eigenvalue weighted by Crippen LogP contribution is -2.15. The van der Waals surface area contributed by atoms with Gasteiger partial charge in [-0.3, -0.25) is 9.36 Å². The smallest absolute Gasteiger partial charge is 0.200 e. The fourth-order valence-corrected chi connectivity index (χ4v) is 4.97. The summed E-state index contributed by atoms with van der Waals surface area (Å²) in [7, 11) is 1.69. The van der Waals surface area contributed by atoms with E-state index >= 15 is 0 Å². The molecule has 0 fully saturated rings. The highest BCUT2D eigenvalue weighted by Gasteiger charge is 2.21. The summed E-state index contributed by atoms with van der Waals surface area (Å²) >= 11 is 1.39. The van der Waals surface area contributed by atoms with Crippen molar-refractivity contribution in [1.29, 1.82) is 0 Å². The highest BCUT2D eigenvalue weighted by Crippen LogP contribution is 2.27. The molecule has 7 nitrogen and oxygen atoms in total. The maximum atomic E-state index is 13.1. The summed E-state index contributed by atoms with van der Waals surface area (Å²) in [5.41, 5.74) is 3.87. The summed E-state index contributed by atoms with van der Waals surface area (Å²) < 4.78 is 15.0. The topological polar surface area (TPSA) is 75.1 Å². The average Bonchev–Trinajstić information content (AvgIpc) is 3.53. The van der Waals surface area contributed by atoms with Gasteiger partial charge in [0, 0.05) is 24.1 Å². The van der Waals surface area contributed by atoms with Crippen LogP contribution in [0, 0.1) is 13.8 Å². The number of aryl methyl sites for hydroxylation is 1. The van der Waals surface area contributed by atoms with Crippen LogP contribution in [0.3, 0.4) is 0 Å². The van der Waals surface area contributed by atoms with Crippen molar-refractivity contribution in [3.8, 4) is 11.6 Å². The summed E-state index contributed by atoms with van der Waals surface area (Å²) in [6, 6.07) is 15.9. The van der Waals surface area contributed by atoms with Crippen LogP contribution >= 0.6 is 11.8 Å². The number of thioether (sulfide) groups is 1. The first kappa shape index (κ1) is 23.1. The second-order valence-corrected chi connectivity index (χ2v) is 8.97. The molecule has 172 valence electrons. The minimum absolute atomic E-state index is 0.0674. The number of ether oxygens (including phenoxy) is 1. The van der Waals surface area contributed by atoms with Gasteiger partial charge in [0.15, 0.2) is 16.7 Å². The first-order valence-electron chi connectivity index (χ1n) is 10.8. The van der Waals surface area contributed by atoms with Crippen LogP contribution in [-0.4, -0.2) is 44.6 Å². The maximum Gasteiger partial charge on any atom is 0.200 e. The van der Waals surface area contributed by atoms with Gasteiger partial charge in [0.05, 0.1) is 31.2 Å². The monoisotopic (exact) mass is 464 g/mol. The molecule has 4 rings (SSSR count). The minimum Gasteiger partial charge on any atom is -0.461 e. The fraction of sp³-hybridized carbons (Fsp3) is 0.320. The number of furan rings is 1. The predicted molar refractivity (Wildman–Crippen MR) is 129 cm³/mol. The molecule has 0 aliphatic heterocycles. The van der Waals surface area contributed by atoms with E-state index in [0.29, 0.717) is 29.9 Å². The van der Waals surface area contributed by atoms with E-state index in [4.69, 9.17) is 9.15 Å². The second-order valence-electron chi connectivity index (χ2n) is 8.03. The molecule has 3 heterocycles. The number of hydrogen-bond acceptors (Lipinski definition) is 6. The van der Waals surface area contributed by atoms with Crippen LogP contribution in [-0.2, 0) is 11.3 Å². The summed E-state index contributed by atoms with van der Waals surface area (Å²) in [6.45, 7) is 7.29. The molecule has 3 aromatic heterocycles. The molecule has 8 heteroatoms. The molecule has 0 N–H and O–H groups in total. The third kappa shape index (κ3) is 4.96. The number of benzene rings is 1. The molecular formula is C25H28N4O3S. The Morgan fingerprint density at radius 3 is 2.64 bits per heavy atom. The van der Waals surface area contributed by atoms with Gasteiger partial charge in [0.2, 0.25) is 5.82 Å². The number of rotatable bonds is 10. The quantitative estimate of drug-likeness (QED) is 0.238. The SMILES string of the molecule is COC[C@@H](C)n1c(C)cc(C(=O)CSc2nnc(-c3ccco3)n2Cc2ccccc2)c1C. The van der Waals surface area contributed by atoms with Gasteiger partial charge in [-0.2, -0.15) is 0 Å². The fourth-order valence-electron chi connectivity index (χ4n) is 4.15. The Balaban J connectivity index is 1.56. The van der Waals surface area contributed by atoms with E-state index in [9.17, 15) is 4.79 Å². The van der Waals surface area contributed by atoms with Crippen molar-refractivity contribution in [3.05, 3.63) is 77.3 Å². The van der Waals surface area contributed by atoms with Crippen molar-refractivity contribution in [1.82, 2.24) is 19.3 Å². The lowest BCUT2D eigenvalue weighted by atomic mass is 10.2. The normalized spacial score (nSPS) is 12.2. The molecule has 0 amide bonds. The molecule has 4 aromatic rings. The Bertz CT molecular complexity index is 1210. The van der Waals surface area contributed by atoms with Crippen LogP contribution in [0.4, 0.5) is 0 Å². The Hall–Kier alpha value is -3.10. The maximum absolute atomic E-state index is 13.1. The standard InChI is InChI=1S/C25H28N4O3S/c1-17-13-21(19(3)29(17)18(2)15-31-4)22(30)16-33-25-27-26-24(23-11-8-12-32-23)28(25)14-20-9-6-5-7-10-20/h5-13,18H,14-16H2,1-4H3/t18-/m1/s1. The first-order valence-corrected chi connectivity index (χ1v) is 11.8. The van der Waals surface area contributed by atoms with Crippen molar-refractivity contribution in [3.63, 3.8) is 0 Å². The van der Waals surface area contributed by atoms with Gasteiger partial charge in [0.25, 0.3) is 0 Å². The van der Waals surface area contributed by atoms with Gasteiger partial charge in [-0.05, 0) is 44.5 Å². The average molecular weight is 465 g/mol. The number of ketones is 1. The van der Waals surface area contributed by atoms with Crippen LogP contribution in [0.15, 0.2) is 64.4 Å². The lowest BCUT2D eigenvalue weighted by molar-refractivity contribution is 0.102. The van der Waals surface area contributed by atoms with Gasteiger partial charge in [-0.1, -0.05) is 42.1 Å². The van der Waals surface area contributed by atoms with Crippen LogP contribution in [0.25, 0.3) is 11.6 Å². The van der Waals surface area contributed by atoms with E-state index < -0.39 is 0 Å². The molecule has 0 radical (unpaired) electrons. The van der Waals surface area contributed by atoms with Crippen LogP contribution in [0.1, 0.15) is 40.3 Å². The Morgan fingerprint density at radius 2 is 1.94 bits per heavy atom. The largest absolute Gasteiger partial charge is 0.461 e. The van der Waals surface area contributed by atoms with E-state index in [2.05, 4.69) is 33.8 Å². The second kappa shape index (κ2) is 10.2. The van der Waals surface area contributed by atoms with Gasteiger partial charge in [-0.15, -0.1) is 10.2 Å². The molecule has 0 unspecified atom stereocenters. The van der Waals surface area contributed by atoms with Gasteiger partial charge < -0.3 is 13.7 Å². The molecule has 0 saturated heterocycles. The molecule has 1 aromatic carbocycles. The van der Waals surface area contributed by atoms with Crippen molar-refractivity contribution in [2.75, 3.05) is 19.5 Å². The zero-order valence-corrected chi connectivity index (χ0v) is 20.1. The summed E-state index contributed by atoms with van der Waals surface area (Å²) in [4.78, 5) is 13.1. The third-order valence-electron chi connectivity index (χ3n) is 5.61. The highest BCUT2D eigenvalue weighted by atomic mass is 32.2. The Labute approximate surface area is 197 Å². The van der Waals surface area contributed by atoms with E-state index in [0.717, 1.165) is 22.5 Å². The van der Waals surface area contributed by atoms with E-state index in [1.54, 1.807) is 13.4 Å². The zero-order chi connectivity index (χ0) is 23.4. The lowest BCUT2D eigenvalue weighted by Gasteiger charge is -2.17. The van der Waals surface area contributed by atoms with Gasteiger partial charge in [-0.25, -0.2) is 0 Å². The van der Waals surface area contributed by atoms with Crippen molar-refractivity contribution < 1.29 is 13.9 Å². The number of hydrogen-bond donors (Lipinski definition) is 0. The molecule has 0 bridgehead atoms. The molecular weight excluding hydrogens is 436 g/mol. The number of carbonyl (C=O) groups is 1. The Morgan fingerprint density at radius 1 is 1.15 bits per heavy atom. The molecule has 33 heavy (non-hydrogen) atoms. The van der Waals surface area contributed by atoms with Crippen LogP contribution in [0.5, 0.6) is 0 Å². The summed E-state index contributed by atoms with van der Waals surface area (Å²) in [5.74, 6) is 1.63. The number of methoxy groups -OCH3 is 1. The summed E-state index contributed by atoms with van der Waals surface area (Å²) in [6.07, 6.45) is 1.62. The summed E-state index contributed by atoms with van der Waals surface area (Å²) in [5, 5.41) is 9.41. The van der Waals surface area contributed by atoms with E-state index in [1.165, 1.54) is 11.8 Å². The number of Topliss-reactive ketones (excluding diaryl/α,β-unsaturated/α-hetero) is 1. The predicted octanol–water partition coefficient (Wildman–Crippen LogP) is 5.19. The zero-order valence-electron chi connectivity index (χ0n) is 19.3. The number of carbonyl (C=O) groups excluding carboxylic acids is 1. The van der Waals surface area contributed by atoms with Crippen molar-refractivity contribution in [2.45, 2.75) is 38.5 Å². The van der Waals surface area contributed by atoms with Crippen molar-refractivity contribution in [2.24, 2.45) is 0 Å². The Kier molecular flexibility index (Phi) is 7.15.